The normalized spacial score (nSPS) is 11.7. The van der Waals surface area contributed by atoms with E-state index in [1.165, 1.54) is 59.5 Å². The standard InChI is InChI=1S/C50H32N2S/c1-3-16-34(17-4-1)46-32-47(35-18-5-2-6-19-35)52-50(51-46)36-28-29-42-40-23-10-9-21-38(40)39-22-11-12-24-41(39)43-25-13-14-26-48(43)53-49-37-20-8-7-15-33(37)27-30-44(49)45(42)31-36/h1-32H. The summed E-state index contributed by atoms with van der Waals surface area (Å²) in [6, 6.07) is 69.5. The van der Waals surface area contributed by atoms with Crippen molar-refractivity contribution < 1.29 is 0 Å². The van der Waals surface area contributed by atoms with Crippen molar-refractivity contribution >= 4 is 22.5 Å². The van der Waals surface area contributed by atoms with Gasteiger partial charge in [-0.1, -0.05) is 188 Å². The van der Waals surface area contributed by atoms with Gasteiger partial charge in [-0.3, -0.25) is 0 Å². The molecule has 1 aliphatic heterocycles. The number of benzene rings is 8. The minimum Gasteiger partial charge on any atom is -0.228 e. The quantitative estimate of drug-likeness (QED) is 0.184. The van der Waals surface area contributed by atoms with E-state index in [1.807, 2.05) is 23.9 Å². The summed E-state index contributed by atoms with van der Waals surface area (Å²) < 4.78 is 0. The van der Waals surface area contributed by atoms with E-state index in [2.05, 4.69) is 182 Å². The molecule has 0 atom stereocenters. The van der Waals surface area contributed by atoms with Crippen LogP contribution in [0.5, 0.6) is 0 Å². The predicted molar refractivity (Wildman–Crippen MR) is 222 cm³/mol. The maximum atomic E-state index is 5.23. The van der Waals surface area contributed by atoms with Crippen molar-refractivity contribution in [1.29, 1.82) is 0 Å². The highest BCUT2D eigenvalue weighted by molar-refractivity contribution is 7.99. The van der Waals surface area contributed by atoms with Crippen molar-refractivity contribution in [2.75, 3.05) is 0 Å². The molecule has 2 heterocycles. The third-order valence-electron chi connectivity index (χ3n) is 10.1. The van der Waals surface area contributed by atoms with Crippen LogP contribution in [0.2, 0.25) is 0 Å². The summed E-state index contributed by atoms with van der Waals surface area (Å²) in [5.74, 6) is 0.696. The molecule has 0 N–H and O–H groups in total. The summed E-state index contributed by atoms with van der Waals surface area (Å²) >= 11 is 1.85. The molecule has 248 valence electrons. The van der Waals surface area contributed by atoms with Gasteiger partial charge in [-0.2, -0.15) is 0 Å². The van der Waals surface area contributed by atoms with Gasteiger partial charge in [0.05, 0.1) is 11.4 Å². The average molecular weight is 693 g/mol. The van der Waals surface area contributed by atoms with Gasteiger partial charge in [-0.15, -0.1) is 0 Å². The van der Waals surface area contributed by atoms with Gasteiger partial charge in [0.15, 0.2) is 5.82 Å². The SMILES string of the molecule is c1ccc(-c2cc(-c3ccccc3)nc(-c3ccc4c(c3)-c3ccc5ccccc5c3Sc3ccccc3-c3ccccc3-c3ccccc3-4)n2)cc1. The van der Waals surface area contributed by atoms with E-state index in [4.69, 9.17) is 9.97 Å². The van der Waals surface area contributed by atoms with Crippen LogP contribution in [0.1, 0.15) is 0 Å². The number of aromatic nitrogens is 2. The molecule has 0 aliphatic carbocycles. The van der Waals surface area contributed by atoms with E-state index in [1.54, 1.807) is 0 Å². The van der Waals surface area contributed by atoms with Crippen LogP contribution in [0.15, 0.2) is 204 Å². The van der Waals surface area contributed by atoms with Gasteiger partial charge < -0.3 is 0 Å². The summed E-state index contributed by atoms with van der Waals surface area (Å²) in [5, 5.41) is 2.45. The second-order valence-corrected chi connectivity index (χ2v) is 14.4. The fraction of sp³-hybridized carbons (Fsp3) is 0. The highest BCUT2D eigenvalue weighted by atomic mass is 32.2. The monoisotopic (exact) mass is 692 g/mol. The van der Waals surface area contributed by atoms with Crippen LogP contribution < -0.4 is 0 Å². The Hall–Kier alpha value is -6.55. The molecule has 0 bridgehead atoms. The molecule has 3 heteroatoms. The molecule has 0 spiro atoms. The minimum absolute atomic E-state index is 0.696. The van der Waals surface area contributed by atoms with Gasteiger partial charge in [-0.05, 0) is 73.5 Å². The van der Waals surface area contributed by atoms with Crippen molar-refractivity contribution in [1.82, 2.24) is 9.97 Å². The third-order valence-corrected chi connectivity index (χ3v) is 11.4. The highest BCUT2D eigenvalue weighted by Gasteiger charge is 2.23. The molecule has 2 nitrogen and oxygen atoms in total. The van der Waals surface area contributed by atoms with Gasteiger partial charge in [0, 0.05) is 26.5 Å². The van der Waals surface area contributed by atoms with Gasteiger partial charge in [-0.25, -0.2) is 9.97 Å². The number of hydrogen-bond acceptors (Lipinski definition) is 3. The van der Waals surface area contributed by atoms with E-state index in [9.17, 15) is 0 Å². The zero-order chi connectivity index (χ0) is 35.1. The smallest absolute Gasteiger partial charge is 0.160 e. The fourth-order valence-electron chi connectivity index (χ4n) is 7.59. The lowest BCUT2D eigenvalue weighted by Gasteiger charge is -2.19. The molecule has 10 rings (SSSR count). The third kappa shape index (κ3) is 5.63. The van der Waals surface area contributed by atoms with Crippen LogP contribution in [0.25, 0.3) is 89.2 Å². The second kappa shape index (κ2) is 13.2. The van der Waals surface area contributed by atoms with Gasteiger partial charge in [0.1, 0.15) is 0 Å². The molecule has 9 aromatic rings. The van der Waals surface area contributed by atoms with Gasteiger partial charge in [0.25, 0.3) is 0 Å². The lowest BCUT2D eigenvalue weighted by atomic mass is 9.85. The summed E-state index contributed by atoms with van der Waals surface area (Å²) in [4.78, 5) is 12.9. The van der Waals surface area contributed by atoms with Crippen LogP contribution >= 0.6 is 11.8 Å². The minimum atomic E-state index is 0.696. The number of rotatable bonds is 3. The number of nitrogens with zero attached hydrogens (tertiary/aromatic N) is 2. The number of fused-ring (bicyclic) bond motifs is 11. The van der Waals surface area contributed by atoms with Crippen molar-refractivity contribution in [3.05, 3.63) is 194 Å². The Morgan fingerprint density at radius 3 is 1.45 bits per heavy atom. The summed E-state index contributed by atoms with van der Waals surface area (Å²) in [6.07, 6.45) is 0. The Kier molecular flexibility index (Phi) is 7.78. The Morgan fingerprint density at radius 2 is 0.811 bits per heavy atom. The van der Waals surface area contributed by atoms with E-state index >= 15 is 0 Å². The molecule has 0 fully saturated rings. The zero-order valence-electron chi connectivity index (χ0n) is 28.8. The fourth-order valence-corrected chi connectivity index (χ4v) is 8.83. The second-order valence-electron chi connectivity index (χ2n) is 13.3. The van der Waals surface area contributed by atoms with E-state index < -0.39 is 0 Å². The molecule has 0 unspecified atom stereocenters. The summed E-state index contributed by atoms with van der Waals surface area (Å²) in [6.45, 7) is 0. The van der Waals surface area contributed by atoms with Crippen LogP contribution in [0.3, 0.4) is 0 Å². The Morgan fingerprint density at radius 1 is 0.321 bits per heavy atom. The van der Waals surface area contributed by atoms with E-state index in [0.29, 0.717) is 5.82 Å². The summed E-state index contributed by atoms with van der Waals surface area (Å²) in [5.41, 5.74) is 14.4. The molecular formula is C50H32N2S. The molecule has 1 aromatic heterocycles. The Balaban J connectivity index is 1.29. The zero-order valence-corrected chi connectivity index (χ0v) is 29.6. The average Bonchev–Trinajstić information content (AvgIpc) is 3.25. The summed E-state index contributed by atoms with van der Waals surface area (Å²) in [7, 11) is 0. The van der Waals surface area contributed by atoms with Crippen molar-refractivity contribution in [2.24, 2.45) is 0 Å². The largest absolute Gasteiger partial charge is 0.228 e. The molecule has 0 amide bonds. The molecule has 8 aromatic carbocycles. The van der Waals surface area contributed by atoms with Crippen molar-refractivity contribution in [3.8, 4) is 78.4 Å². The van der Waals surface area contributed by atoms with Crippen LogP contribution in [-0.4, -0.2) is 9.97 Å². The van der Waals surface area contributed by atoms with Crippen LogP contribution in [0.4, 0.5) is 0 Å². The van der Waals surface area contributed by atoms with Crippen LogP contribution in [0, 0.1) is 0 Å². The topological polar surface area (TPSA) is 25.8 Å². The molecule has 0 saturated carbocycles. The Bertz CT molecular complexity index is 2750. The maximum Gasteiger partial charge on any atom is 0.160 e. The lowest BCUT2D eigenvalue weighted by molar-refractivity contribution is 1.18. The van der Waals surface area contributed by atoms with Gasteiger partial charge in [0.2, 0.25) is 0 Å². The molecule has 1 aliphatic rings. The first-order valence-electron chi connectivity index (χ1n) is 17.9. The molecule has 0 saturated heterocycles. The van der Waals surface area contributed by atoms with Crippen molar-refractivity contribution in [2.45, 2.75) is 9.79 Å². The van der Waals surface area contributed by atoms with E-state index in [0.717, 1.165) is 33.6 Å². The molecule has 53 heavy (non-hydrogen) atoms. The van der Waals surface area contributed by atoms with E-state index in [-0.39, 0.29) is 0 Å². The maximum absolute atomic E-state index is 5.23. The predicted octanol–water partition coefficient (Wildman–Crippen LogP) is 13.8. The Labute approximate surface area is 313 Å². The lowest BCUT2D eigenvalue weighted by Crippen LogP contribution is -1.97. The first-order valence-corrected chi connectivity index (χ1v) is 18.7. The van der Waals surface area contributed by atoms with Crippen molar-refractivity contribution in [3.63, 3.8) is 0 Å². The first kappa shape index (κ1) is 31.2. The molecular weight excluding hydrogens is 661 g/mol. The van der Waals surface area contributed by atoms with Gasteiger partial charge >= 0.3 is 0 Å². The number of hydrogen-bond donors (Lipinski definition) is 0. The van der Waals surface area contributed by atoms with Crippen LogP contribution in [-0.2, 0) is 0 Å². The molecule has 0 radical (unpaired) electrons. The highest BCUT2D eigenvalue weighted by Crippen LogP contribution is 2.50. The first-order chi connectivity index (χ1) is 26.3.